The van der Waals surface area contributed by atoms with Gasteiger partial charge in [-0.25, -0.2) is 9.38 Å². The Balaban J connectivity index is 3.72. The summed E-state index contributed by atoms with van der Waals surface area (Å²) in [6.07, 6.45) is 1.01. The van der Waals surface area contributed by atoms with E-state index in [1.165, 1.54) is 0 Å². The van der Waals surface area contributed by atoms with Crippen molar-refractivity contribution in [2.45, 2.75) is 13.3 Å². The fourth-order valence-corrected chi connectivity index (χ4v) is 0.385. The zero-order chi connectivity index (χ0) is 6.41. The molecule has 0 aliphatic rings. The SMILES string of the molecule is CC/C(=C/F)N=CCl. The molecule has 0 aliphatic carbocycles. The number of hydrogen-bond donors (Lipinski definition) is 0. The number of aliphatic imine (C=N–C) groups is 1. The Bertz CT molecular complexity index is 106. The Morgan fingerprint density at radius 1 is 1.88 bits per heavy atom. The Morgan fingerprint density at radius 2 is 2.50 bits per heavy atom. The first-order valence-corrected chi connectivity index (χ1v) is 2.70. The molecule has 46 valence electrons. The van der Waals surface area contributed by atoms with Crippen molar-refractivity contribution >= 4 is 17.3 Å². The molecular weight excluding hydrogens is 129 g/mol. The van der Waals surface area contributed by atoms with E-state index in [1.807, 2.05) is 0 Å². The van der Waals surface area contributed by atoms with Crippen LogP contribution in [-0.2, 0) is 0 Å². The zero-order valence-corrected chi connectivity index (χ0v) is 5.32. The largest absolute Gasteiger partial charge is 0.247 e. The third-order valence-corrected chi connectivity index (χ3v) is 0.800. The van der Waals surface area contributed by atoms with Gasteiger partial charge in [0.2, 0.25) is 0 Å². The molecule has 0 radical (unpaired) electrons. The van der Waals surface area contributed by atoms with Crippen molar-refractivity contribution in [2.75, 3.05) is 0 Å². The third kappa shape index (κ3) is 2.75. The van der Waals surface area contributed by atoms with Gasteiger partial charge < -0.3 is 0 Å². The maximum Gasteiger partial charge on any atom is 0.108 e. The quantitative estimate of drug-likeness (QED) is 0.516. The summed E-state index contributed by atoms with van der Waals surface area (Å²) in [7, 11) is 0. The molecule has 8 heavy (non-hydrogen) atoms. The van der Waals surface area contributed by atoms with Gasteiger partial charge in [-0.3, -0.25) is 0 Å². The van der Waals surface area contributed by atoms with Crippen LogP contribution in [0.2, 0.25) is 0 Å². The van der Waals surface area contributed by atoms with Crippen molar-refractivity contribution < 1.29 is 4.39 Å². The maximum atomic E-state index is 11.5. The first-order chi connectivity index (χ1) is 3.85. The van der Waals surface area contributed by atoms with Crippen LogP contribution in [0.3, 0.4) is 0 Å². The molecule has 1 nitrogen and oxygen atoms in total. The molecule has 0 fully saturated rings. The summed E-state index contributed by atoms with van der Waals surface area (Å²) in [5.74, 6) is 0. The summed E-state index contributed by atoms with van der Waals surface area (Å²) in [6.45, 7) is 1.80. The number of rotatable bonds is 2. The van der Waals surface area contributed by atoms with Crippen LogP contribution in [0, 0.1) is 0 Å². The highest BCUT2D eigenvalue weighted by molar-refractivity contribution is 6.56. The van der Waals surface area contributed by atoms with Gasteiger partial charge in [-0.1, -0.05) is 18.5 Å². The summed E-state index contributed by atoms with van der Waals surface area (Å²) in [6, 6.07) is 0. The van der Waals surface area contributed by atoms with Gasteiger partial charge in [0.15, 0.2) is 0 Å². The van der Waals surface area contributed by atoms with Crippen LogP contribution in [-0.4, -0.2) is 5.67 Å². The van der Waals surface area contributed by atoms with Crippen LogP contribution in [0.5, 0.6) is 0 Å². The minimum Gasteiger partial charge on any atom is -0.247 e. The lowest BCUT2D eigenvalue weighted by Crippen LogP contribution is -1.70. The minimum absolute atomic E-state index is 0.361. The lowest BCUT2D eigenvalue weighted by molar-refractivity contribution is 0.700. The molecule has 0 atom stereocenters. The fraction of sp³-hybridized carbons (Fsp3) is 0.400. The topological polar surface area (TPSA) is 12.4 Å². The van der Waals surface area contributed by atoms with Gasteiger partial charge in [-0.05, 0) is 6.42 Å². The molecule has 0 aliphatic heterocycles. The van der Waals surface area contributed by atoms with Crippen LogP contribution in [0.4, 0.5) is 4.39 Å². The van der Waals surface area contributed by atoms with E-state index in [0.717, 1.165) is 5.67 Å². The average molecular weight is 136 g/mol. The molecule has 0 spiro atoms. The Labute approximate surface area is 52.9 Å². The molecule has 0 aromatic heterocycles. The van der Waals surface area contributed by atoms with E-state index < -0.39 is 0 Å². The van der Waals surface area contributed by atoms with Crippen molar-refractivity contribution in [3.8, 4) is 0 Å². The molecule has 0 unspecified atom stereocenters. The second kappa shape index (κ2) is 4.78. The van der Waals surface area contributed by atoms with Crippen LogP contribution in [0.1, 0.15) is 13.3 Å². The molecule has 0 amide bonds. The number of nitrogens with zero attached hydrogens (tertiary/aromatic N) is 1. The van der Waals surface area contributed by atoms with Crippen molar-refractivity contribution in [2.24, 2.45) is 4.99 Å². The van der Waals surface area contributed by atoms with E-state index in [2.05, 4.69) is 4.99 Å². The Hall–Kier alpha value is -0.370. The van der Waals surface area contributed by atoms with Crippen molar-refractivity contribution in [3.05, 3.63) is 12.0 Å². The zero-order valence-electron chi connectivity index (χ0n) is 4.56. The van der Waals surface area contributed by atoms with Crippen molar-refractivity contribution in [1.82, 2.24) is 0 Å². The molecule has 0 N–H and O–H groups in total. The standard InChI is InChI=1S/C5H7ClFN/c1-2-5(3-7)8-4-6/h3-4H,2H2,1H3/b5-3-,8-4?. The second-order valence-corrected chi connectivity index (χ2v) is 1.38. The number of halogens is 2. The molecule has 0 aromatic rings. The third-order valence-electron chi connectivity index (χ3n) is 0.703. The highest BCUT2D eigenvalue weighted by Crippen LogP contribution is 2.00. The minimum atomic E-state index is 0.361. The van der Waals surface area contributed by atoms with Gasteiger partial charge in [0.1, 0.15) is 6.33 Å². The maximum absolute atomic E-state index is 11.5. The highest BCUT2D eigenvalue weighted by atomic mass is 35.5. The van der Waals surface area contributed by atoms with E-state index in [-0.39, 0.29) is 0 Å². The van der Waals surface area contributed by atoms with Gasteiger partial charge in [0, 0.05) is 0 Å². The number of hydrogen-bond acceptors (Lipinski definition) is 1. The number of allylic oxidation sites excluding steroid dienone is 1. The van der Waals surface area contributed by atoms with Crippen LogP contribution >= 0.6 is 11.6 Å². The monoisotopic (exact) mass is 135 g/mol. The van der Waals surface area contributed by atoms with Crippen molar-refractivity contribution in [3.63, 3.8) is 0 Å². The lowest BCUT2D eigenvalue weighted by Gasteiger charge is -1.86. The van der Waals surface area contributed by atoms with E-state index in [9.17, 15) is 4.39 Å². The molecule has 0 aromatic carbocycles. The van der Waals surface area contributed by atoms with E-state index >= 15 is 0 Å². The predicted octanol–water partition coefficient (Wildman–Crippen LogP) is 2.47. The first-order valence-electron chi connectivity index (χ1n) is 2.27. The normalized spacial score (nSPS) is 13.1. The van der Waals surface area contributed by atoms with Gasteiger partial charge >= 0.3 is 0 Å². The van der Waals surface area contributed by atoms with Gasteiger partial charge in [0.05, 0.1) is 11.4 Å². The van der Waals surface area contributed by atoms with E-state index in [1.54, 1.807) is 6.92 Å². The summed E-state index contributed by atoms with van der Waals surface area (Å²) < 4.78 is 11.5. The molecule has 0 bridgehead atoms. The van der Waals surface area contributed by atoms with Gasteiger partial charge in [0.25, 0.3) is 0 Å². The van der Waals surface area contributed by atoms with E-state index in [0.29, 0.717) is 18.4 Å². The Morgan fingerprint density at radius 3 is 2.62 bits per heavy atom. The summed E-state index contributed by atoms with van der Waals surface area (Å²) in [5.41, 5.74) is 1.41. The molecule has 0 rings (SSSR count). The van der Waals surface area contributed by atoms with Crippen LogP contribution in [0.25, 0.3) is 0 Å². The Kier molecular flexibility index (Phi) is 4.56. The molecule has 0 saturated heterocycles. The van der Waals surface area contributed by atoms with Gasteiger partial charge in [-0.2, -0.15) is 0 Å². The van der Waals surface area contributed by atoms with Crippen LogP contribution < -0.4 is 0 Å². The molecule has 0 saturated carbocycles. The summed E-state index contributed by atoms with van der Waals surface area (Å²) >= 11 is 5.05. The smallest absolute Gasteiger partial charge is 0.108 e. The van der Waals surface area contributed by atoms with Crippen molar-refractivity contribution in [1.29, 1.82) is 0 Å². The summed E-state index contributed by atoms with van der Waals surface area (Å²) in [4.78, 5) is 3.49. The first kappa shape index (κ1) is 7.63. The second-order valence-electron chi connectivity index (χ2n) is 1.18. The van der Waals surface area contributed by atoms with Gasteiger partial charge in [-0.15, -0.1) is 0 Å². The molecular formula is C5H7ClFN. The average Bonchev–Trinajstić information content (AvgIpc) is 1.83. The molecule has 0 heterocycles. The van der Waals surface area contributed by atoms with E-state index in [4.69, 9.17) is 11.6 Å². The summed E-state index contributed by atoms with van der Waals surface area (Å²) in [5, 5.41) is 0. The highest BCUT2D eigenvalue weighted by Gasteiger charge is 1.84. The molecule has 3 heteroatoms. The fourth-order valence-electron chi connectivity index (χ4n) is 0.259. The van der Waals surface area contributed by atoms with Crippen LogP contribution in [0.15, 0.2) is 17.0 Å². The lowest BCUT2D eigenvalue weighted by atomic mass is 10.4. The predicted molar refractivity (Wildman–Crippen MR) is 33.8 cm³/mol.